The molecule has 6 nitrogen and oxygen atoms in total. The second-order valence-electron chi connectivity index (χ2n) is 3.41. The summed E-state index contributed by atoms with van der Waals surface area (Å²) in [4.78, 5) is 2.46. The molecular weight excluding hydrogens is 278 g/mol. The van der Waals surface area contributed by atoms with Gasteiger partial charge in [-0.05, 0) is 17.7 Å². The molecule has 0 amide bonds. The first-order valence-electron chi connectivity index (χ1n) is 4.69. The second-order valence-corrected chi connectivity index (χ2v) is 5.95. The molecule has 0 saturated carbocycles. The lowest BCUT2D eigenvalue weighted by molar-refractivity contribution is 0.483. The molecule has 0 aromatic heterocycles. The van der Waals surface area contributed by atoms with Gasteiger partial charge in [0.15, 0.2) is 0 Å². The zero-order valence-electron chi connectivity index (χ0n) is 8.78. The third-order valence-electron chi connectivity index (χ3n) is 2.39. The topological polar surface area (TPSA) is 103 Å². The van der Waals surface area contributed by atoms with Crippen molar-refractivity contribution in [2.24, 2.45) is 5.11 Å². The number of halogens is 1. The van der Waals surface area contributed by atoms with Crippen LogP contribution in [0.5, 0.6) is 5.75 Å². The summed E-state index contributed by atoms with van der Waals surface area (Å²) in [6.07, 6.45) is 0. The van der Waals surface area contributed by atoms with Gasteiger partial charge in [0.1, 0.15) is 5.75 Å². The van der Waals surface area contributed by atoms with Gasteiger partial charge in [-0.1, -0.05) is 23.3 Å². The van der Waals surface area contributed by atoms with Crippen LogP contribution >= 0.6 is 10.7 Å². The van der Waals surface area contributed by atoms with Crippen LogP contribution in [0.3, 0.4) is 0 Å². The van der Waals surface area contributed by atoms with Crippen LogP contribution in [0.4, 0.5) is 5.69 Å². The Hall–Kier alpha value is -1.95. The average molecular weight is 284 g/mol. The molecule has 2 aromatic rings. The number of hydrogen-bond donors (Lipinski definition) is 1. The van der Waals surface area contributed by atoms with E-state index in [9.17, 15) is 13.5 Å². The van der Waals surface area contributed by atoms with Crippen LogP contribution in [0.2, 0.25) is 0 Å². The number of rotatable bonds is 2. The number of phenols is 1. The van der Waals surface area contributed by atoms with Gasteiger partial charge in [-0.25, -0.2) is 8.42 Å². The molecule has 0 heterocycles. The van der Waals surface area contributed by atoms with Gasteiger partial charge >= 0.3 is 0 Å². The van der Waals surface area contributed by atoms with E-state index < -0.39 is 9.05 Å². The van der Waals surface area contributed by atoms with E-state index in [0.29, 0.717) is 0 Å². The molecule has 0 bridgehead atoms. The molecule has 92 valence electrons. The monoisotopic (exact) mass is 283 g/mol. The van der Waals surface area contributed by atoms with Crippen LogP contribution < -0.4 is 0 Å². The molecule has 0 aliphatic heterocycles. The number of azide groups is 1. The van der Waals surface area contributed by atoms with E-state index in [-0.39, 0.29) is 27.1 Å². The van der Waals surface area contributed by atoms with Crippen LogP contribution in [0.25, 0.3) is 21.2 Å². The van der Waals surface area contributed by atoms with Crippen molar-refractivity contribution in [3.05, 3.63) is 40.8 Å². The number of nitrogens with zero attached hydrogens (tertiary/aromatic N) is 3. The summed E-state index contributed by atoms with van der Waals surface area (Å²) < 4.78 is 22.7. The number of phenolic OH excluding ortho intramolecular Hbond substituents is 1. The Morgan fingerprint density at radius 1 is 1.22 bits per heavy atom. The molecule has 0 aliphatic rings. The largest absolute Gasteiger partial charge is 0.507 e. The van der Waals surface area contributed by atoms with Crippen molar-refractivity contribution in [2.45, 2.75) is 4.90 Å². The SMILES string of the molecule is [N-]=[N+]=Nc1ccc2c(S(=O)(=O)Cl)cccc2c1O. The predicted octanol–water partition coefficient (Wildman–Crippen LogP) is 3.41. The third-order valence-corrected chi connectivity index (χ3v) is 3.77. The first kappa shape index (κ1) is 12.5. The molecule has 8 heteroatoms. The van der Waals surface area contributed by atoms with Crippen LogP contribution in [0, 0.1) is 0 Å². The zero-order chi connectivity index (χ0) is 13.3. The van der Waals surface area contributed by atoms with Crippen LogP contribution in [0.1, 0.15) is 0 Å². The van der Waals surface area contributed by atoms with E-state index in [4.69, 9.17) is 16.2 Å². The number of aromatic hydroxyl groups is 1. The Labute approximate surface area is 106 Å². The van der Waals surface area contributed by atoms with E-state index in [1.165, 1.54) is 30.3 Å². The second kappa shape index (κ2) is 4.38. The van der Waals surface area contributed by atoms with Crippen molar-refractivity contribution >= 4 is 36.2 Å². The maximum Gasteiger partial charge on any atom is 0.261 e. The van der Waals surface area contributed by atoms with Gasteiger partial charge in [-0.2, -0.15) is 0 Å². The van der Waals surface area contributed by atoms with Crippen molar-refractivity contribution in [3.8, 4) is 5.75 Å². The third kappa shape index (κ3) is 2.06. The molecule has 0 atom stereocenters. The normalized spacial score (nSPS) is 11.2. The highest BCUT2D eigenvalue weighted by Crippen LogP contribution is 2.37. The van der Waals surface area contributed by atoms with Gasteiger partial charge in [0.2, 0.25) is 0 Å². The smallest absolute Gasteiger partial charge is 0.261 e. The molecule has 0 spiro atoms. The molecule has 2 rings (SSSR count). The lowest BCUT2D eigenvalue weighted by Crippen LogP contribution is -1.91. The molecule has 18 heavy (non-hydrogen) atoms. The summed E-state index contributed by atoms with van der Waals surface area (Å²) >= 11 is 0. The molecule has 0 radical (unpaired) electrons. The fourth-order valence-electron chi connectivity index (χ4n) is 1.64. The van der Waals surface area contributed by atoms with Gasteiger partial charge in [0.25, 0.3) is 9.05 Å². The fourth-order valence-corrected chi connectivity index (χ4v) is 2.73. The summed E-state index contributed by atoms with van der Waals surface area (Å²) in [6, 6.07) is 7.03. The molecule has 0 unspecified atom stereocenters. The highest BCUT2D eigenvalue weighted by molar-refractivity contribution is 8.14. The van der Waals surface area contributed by atoms with Crippen LogP contribution in [-0.4, -0.2) is 13.5 Å². The molecule has 1 N–H and O–H groups in total. The minimum atomic E-state index is -3.91. The van der Waals surface area contributed by atoms with Gasteiger partial charge in [-0.15, -0.1) is 0 Å². The van der Waals surface area contributed by atoms with Crippen molar-refractivity contribution < 1.29 is 13.5 Å². The maximum atomic E-state index is 11.4. The molecule has 0 aliphatic carbocycles. The summed E-state index contributed by atoms with van der Waals surface area (Å²) in [5, 5.41) is 13.7. The lowest BCUT2D eigenvalue weighted by Gasteiger charge is -2.06. The minimum Gasteiger partial charge on any atom is -0.507 e. The number of hydrogen-bond acceptors (Lipinski definition) is 4. The van der Waals surface area contributed by atoms with Gasteiger partial charge in [0, 0.05) is 26.4 Å². The quantitative estimate of drug-likeness (QED) is 0.395. The highest BCUT2D eigenvalue weighted by Gasteiger charge is 2.16. The Balaban J connectivity index is 2.91. The first-order valence-corrected chi connectivity index (χ1v) is 7.00. The fraction of sp³-hybridized carbons (Fsp3) is 0. The Morgan fingerprint density at radius 2 is 1.94 bits per heavy atom. The van der Waals surface area contributed by atoms with Gasteiger partial charge in [-0.3, -0.25) is 0 Å². The molecule has 2 aromatic carbocycles. The Kier molecular flexibility index (Phi) is 3.04. The van der Waals surface area contributed by atoms with Gasteiger partial charge < -0.3 is 5.11 Å². The van der Waals surface area contributed by atoms with Crippen molar-refractivity contribution in [3.63, 3.8) is 0 Å². The van der Waals surface area contributed by atoms with E-state index in [0.717, 1.165) is 0 Å². The van der Waals surface area contributed by atoms with Crippen LogP contribution in [0.15, 0.2) is 40.3 Å². The zero-order valence-corrected chi connectivity index (χ0v) is 10.4. The van der Waals surface area contributed by atoms with E-state index in [1.54, 1.807) is 0 Å². The van der Waals surface area contributed by atoms with Crippen molar-refractivity contribution in [2.75, 3.05) is 0 Å². The highest BCUT2D eigenvalue weighted by atomic mass is 35.7. The van der Waals surface area contributed by atoms with Gasteiger partial charge in [0.05, 0.1) is 10.6 Å². The summed E-state index contributed by atoms with van der Waals surface area (Å²) in [6.45, 7) is 0. The Morgan fingerprint density at radius 3 is 2.56 bits per heavy atom. The summed E-state index contributed by atoms with van der Waals surface area (Å²) in [5.74, 6) is -0.285. The first-order chi connectivity index (χ1) is 8.45. The standard InChI is InChI=1S/C10H6ClN3O3S/c11-18(16,17)9-3-1-2-7-6(9)4-5-8(10(7)15)13-14-12/h1-5,15H. The van der Waals surface area contributed by atoms with Crippen molar-refractivity contribution in [1.29, 1.82) is 0 Å². The average Bonchev–Trinajstić information content (AvgIpc) is 2.31. The number of benzene rings is 2. The molecular formula is C10H6ClN3O3S. The van der Waals surface area contributed by atoms with E-state index in [1.807, 2.05) is 0 Å². The molecule has 0 saturated heterocycles. The lowest BCUT2D eigenvalue weighted by atomic mass is 10.1. The number of fused-ring (bicyclic) bond motifs is 1. The van der Waals surface area contributed by atoms with E-state index in [2.05, 4.69) is 10.0 Å². The predicted molar refractivity (Wildman–Crippen MR) is 67.5 cm³/mol. The summed E-state index contributed by atoms with van der Waals surface area (Å²) in [7, 11) is 1.39. The minimum absolute atomic E-state index is 0.0223. The Bertz CT molecular complexity index is 782. The maximum absolute atomic E-state index is 11.4. The molecule has 0 fully saturated rings. The van der Waals surface area contributed by atoms with E-state index >= 15 is 0 Å². The van der Waals surface area contributed by atoms with Crippen molar-refractivity contribution in [1.82, 2.24) is 0 Å². The summed E-state index contributed by atoms with van der Waals surface area (Å²) in [5.41, 5.74) is 8.35. The van der Waals surface area contributed by atoms with Crippen LogP contribution in [-0.2, 0) is 9.05 Å².